The van der Waals surface area contributed by atoms with Crippen LogP contribution in [0.1, 0.15) is 24.0 Å². The molecule has 0 saturated carbocycles. The Bertz CT molecular complexity index is 918. The minimum absolute atomic E-state index is 0.364. The van der Waals surface area contributed by atoms with Gasteiger partial charge in [0.1, 0.15) is 0 Å². The van der Waals surface area contributed by atoms with Crippen molar-refractivity contribution in [2.45, 2.75) is 35.2 Å². The van der Waals surface area contributed by atoms with E-state index in [1.807, 2.05) is 18.2 Å². The van der Waals surface area contributed by atoms with Crippen LogP contribution in [0.4, 0.5) is 5.69 Å². The molecule has 0 atom stereocenters. The van der Waals surface area contributed by atoms with Crippen LogP contribution >= 0.6 is 11.8 Å². The van der Waals surface area contributed by atoms with Crippen molar-refractivity contribution in [1.29, 1.82) is 0 Å². The predicted molar refractivity (Wildman–Crippen MR) is 120 cm³/mol. The Balaban J connectivity index is 1.92. The highest BCUT2D eigenvalue weighted by atomic mass is 32.2. The SMILES string of the molecule is C=Cc1cc(N(Cc2ccc(S(C)(=O)=O)cc2)C2CCNCC2)ccc1SC. The summed E-state index contributed by atoms with van der Waals surface area (Å²) in [7, 11) is -3.17. The Kier molecular flexibility index (Phi) is 6.86. The van der Waals surface area contributed by atoms with E-state index in [2.05, 4.69) is 41.3 Å². The number of sulfone groups is 1. The van der Waals surface area contributed by atoms with Crippen LogP contribution in [0.15, 0.2) is 58.8 Å². The fourth-order valence-corrected chi connectivity index (χ4v) is 4.86. The van der Waals surface area contributed by atoms with Crippen molar-refractivity contribution in [3.05, 3.63) is 60.2 Å². The first kappa shape index (κ1) is 21.0. The zero-order chi connectivity index (χ0) is 20.1. The maximum Gasteiger partial charge on any atom is 0.175 e. The molecule has 1 heterocycles. The molecule has 4 nitrogen and oxygen atoms in total. The first-order valence-electron chi connectivity index (χ1n) is 9.49. The van der Waals surface area contributed by atoms with Crippen LogP contribution in [-0.4, -0.2) is 40.1 Å². The van der Waals surface area contributed by atoms with Gasteiger partial charge in [-0.15, -0.1) is 11.8 Å². The van der Waals surface area contributed by atoms with Gasteiger partial charge in [0.05, 0.1) is 4.90 Å². The zero-order valence-electron chi connectivity index (χ0n) is 16.5. The number of hydrogen-bond acceptors (Lipinski definition) is 5. The molecule has 3 rings (SSSR count). The fourth-order valence-electron chi connectivity index (χ4n) is 3.65. The van der Waals surface area contributed by atoms with Gasteiger partial charge in [-0.2, -0.15) is 0 Å². The van der Waals surface area contributed by atoms with E-state index in [1.54, 1.807) is 23.9 Å². The highest BCUT2D eigenvalue weighted by Gasteiger charge is 2.22. The molecule has 1 fully saturated rings. The van der Waals surface area contributed by atoms with Gasteiger partial charge in [-0.25, -0.2) is 8.42 Å². The Labute approximate surface area is 173 Å². The van der Waals surface area contributed by atoms with Gasteiger partial charge in [0.15, 0.2) is 9.84 Å². The van der Waals surface area contributed by atoms with Crippen LogP contribution < -0.4 is 10.2 Å². The lowest BCUT2D eigenvalue weighted by Crippen LogP contribution is -2.43. The average Bonchev–Trinajstić information content (AvgIpc) is 2.72. The molecule has 28 heavy (non-hydrogen) atoms. The predicted octanol–water partition coefficient (Wildman–Crippen LogP) is 4.21. The Morgan fingerprint density at radius 3 is 2.43 bits per heavy atom. The first-order chi connectivity index (χ1) is 13.4. The lowest BCUT2D eigenvalue weighted by atomic mass is 10.0. The highest BCUT2D eigenvalue weighted by Crippen LogP contribution is 2.30. The van der Waals surface area contributed by atoms with Crippen LogP contribution in [-0.2, 0) is 16.4 Å². The molecule has 2 aromatic carbocycles. The van der Waals surface area contributed by atoms with Gasteiger partial charge in [-0.1, -0.05) is 24.8 Å². The maximum absolute atomic E-state index is 11.7. The molecule has 0 amide bonds. The number of benzene rings is 2. The molecular weight excluding hydrogens is 388 g/mol. The van der Waals surface area contributed by atoms with Gasteiger partial charge in [0.25, 0.3) is 0 Å². The minimum atomic E-state index is -3.17. The molecule has 2 aromatic rings. The average molecular weight is 417 g/mol. The number of piperidine rings is 1. The molecule has 0 bridgehead atoms. The first-order valence-corrected chi connectivity index (χ1v) is 12.6. The standard InChI is InChI=1S/C22H28N2O2S2/c1-4-18-15-20(7-10-22(18)27-2)24(19-11-13-23-14-12-19)16-17-5-8-21(9-6-17)28(3,25)26/h4-10,15,19,23H,1,11-14,16H2,2-3H3. The number of thioether (sulfide) groups is 1. The van der Waals surface area contributed by atoms with Crippen molar-refractivity contribution in [2.24, 2.45) is 0 Å². The molecule has 150 valence electrons. The lowest BCUT2D eigenvalue weighted by molar-refractivity contribution is 0.428. The van der Waals surface area contributed by atoms with Crippen molar-refractivity contribution < 1.29 is 8.42 Å². The van der Waals surface area contributed by atoms with E-state index in [1.165, 1.54) is 16.8 Å². The van der Waals surface area contributed by atoms with Crippen LogP contribution in [0.2, 0.25) is 0 Å². The molecule has 1 saturated heterocycles. The summed E-state index contributed by atoms with van der Waals surface area (Å²) in [5.41, 5.74) is 3.45. The summed E-state index contributed by atoms with van der Waals surface area (Å²) in [5.74, 6) is 0. The monoisotopic (exact) mass is 416 g/mol. The van der Waals surface area contributed by atoms with Crippen molar-refractivity contribution in [2.75, 3.05) is 30.5 Å². The quantitative estimate of drug-likeness (QED) is 0.685. The van der Waals surface area contributed by atoms with Gasteiger partial charge in [-0.05, 0) is 73.6 Å². The second kappa shape index (κ2) is 9.16. The third-order valence-corrected chi connectivity index (χ3v) is 7.16. The summed E-state index contributed by atoms with van der Waals surface area (Å²) >= 11 is 1.73. The second-order valence-electron chi connectivity index (χ2n) is 7.16. The molecule has 1 N–H and O–H groups in total. The Morgan fingerprint density at radius 2 is 1.86 bits per heavy atom. The summed E-state index contributed by atoms with van der Waals surface area (Å²) in [6.45, 7) is 6.76. The summed E-state index contributed by atoms with van der Waals surface area (Å²) in [5, 5.41) is 3.44. The van der Waals surface area contributed by atoms with Gasteiger partial charge in [0, 0.05) is 29.4 Å². The Morgan fingerprint density at radius 1 is 1.18 bits per heavy atom. The molecule has 1 aliphatic heterocycles. The second-order valence-corrected chi connectivity index (χ2v) is 10.0. The van der Waals surface area contributed by atoms with Gasteiger partial charge < -0.3 is 10.2 Å². The van der Waals surface area contributed by atoms with E-state index in [0.29, 0.717) is 10.9 Å². The van der Waals surface area contributed by atoms with E-state index in [4.69, 9.17) is 0 Å². The van der Waals surface area contributed by atoms with Crippen LogP contribution in [0.25, 0.3) is 6.08 Å². The maximum atomic E-state index is 11.7. The molecule has 1 aliphatic rings. The smallest absolute Gasteiger partial charge is 0.175 e. The molecule has 0 unspecified atom stereocenters. The van der Waals surface area contributed by atoms with Crippen molar-refractivity contribution in [3.63, 3.8) is 0 Å². The Hall–Kier alpha value is -1.76. The number of nitrogens with one attached hydrogen (secondary N) is 1. The van der Waals surface area contributed by atoms with Crippen molar-refractivity contribution in [1.82, 2.24) is 5.32 Å². The van der Waals surface area contributed by atoms with Crippen molar-refractivity contribution >= 4 is 33.4 Å². The molecular formula is C22H28N2O2S2. The lowest BCUT2D eigenvalue weighted by Gasteiger charge is -2.37. The highest BCUT2D eigenvalue weighted by molar-refractivity contribution is 7.98. The third-order valence-electron chi connectivity index (χ3n) is 5.22. The molecule has 0 aromatic heterocycles. The number of rotatable bonds is 7. The van der Waals surface area contributed by atoms with Crippen molar-refractivity contribution in [3.8, 4) is 0 Å². The number of nitrogens with zero attached hydrogens (tertiary/aromatic N) is 1. The third kappa shape index (κ3) is 4.99. The van der Waals surface area contributed by atoms with Crippen LogP contribution in [0.5, 0.6) is 0 Å². The van der Waals surface area contributed by atoms with Gasteiger partial charge >= 0.3 is 0 Å². The molecule has 0 aliphatic carbocycles. The van der Waals surface area contributed by atoms with Gasteiger partial charge in [-0.3, -0.25) is 0 Å². The number of hydrogen-bond donors (Lipinski definition) is 1. The summed E-state index contributed by atoms with van der Waals surface area (Å²) in [6, 6.07) is 14.3. The number of anilines is 1. The van der Waals surface area contributed by atoms with E-state index < -0.39 is 9.84 Å². The summed E-state index contributed by atoms with van der Waals surface area (Å²) < 4.78 is 23.5. The van der Waals surface area contributed by atoms with E-state index in [0.717, 1.165) is 43.6 Å². The van der Waals surface area contributed by atoms with E-state index in [9.17, 15) is 8.42 Å². The fraction of sp³-hybridized carbons (Fsp3) is 0.364. The summed E-state index contributed by atoms with van der Waals surface area (Å²) in [6.07, 6.45) is 7.42. The molecule has 0 radical (unpaired) electrons. The van der Waals surface area contributed by atoms with Gasteiger partial charge in [0.2, 0.25) is 0 Å². The molecule has 0 spiro atoms. The van der Waals surface area contributed by atoms with E-state index in [-0.39, 0.29) is 0 Å². The van der Waals surface area contributed by atoms with E-state index >= 15 is 0 Å². The molecule has 6 heteroatoms. The van der Waals surface area contributed by atoms with Crippen LogP contribution in [0, 0.1) is 0 Å². The normalized spacial score (nSPS) is 15.4. The topological polar surface area (TPSA) is 49.4 Å². The minimum Gasteiger partial charge on any atom is -0.364 e. The largest absolute Gasteiger partial charge is 0.364 e. The zero-order valence-corrected chi connectivity index (χ0v) is 18.2. The van der Waals surface area contributed by atoms with Crippen LogP contribution in [0.3, 0.4) is 0 Å². The summed E-state index contributed by atoms with van der Waals surface area (Å²) in [4.78, 5) is 4.04.